The summed E-state index contributed by atoms with van der Waals surface area (Å²) < 4.78 is 0. The summed E-state index contributed by atoms with van der Waals surface area (Å²) in [5, 5.41) is 5.41. The van der Waals surface area contributed by atoms with Crippen molar-refractivity contribution in [3.63, 3.8) is 0 Å². The third-order valence-electron chi connectivity index (χ3n) is 6.25. The second kappa shape index (κ2) is 10.6. The fourth-order valence-corrected chi connectivity index (χ4v) is 4.87. The molecular formula is C26H30N4O2S. The van der Waals surface area contributed by atoms with E-state index >= 15 is 0 Å². The highest BCUT2D eigenvalue weighted by Gasteiger charge is 2.32. The maximum absolute atomic E-state index is 13.4. The lowest BCUT2D eigenvalue weighted by Gasteiger charge is -2.33. The monoisotopic (exact) mass is 462 g/mol. The van der Waals surface area contributed by atoms with Crippen molar-refractivity contribution >= 4 is 34.0 Å². The van der Waals surface area contributed by atoms with Crippen molar-refractivity contribution in [1.82, 2.24) is 9.88 Å². The van der Waals surface area contributed by atoms with E-state index in [1.54, 1.807) is 4.90 Å². The van der Waals surface area contributed by atoms with E-state index in [4.69, 9.17) is 5.73 Å². The van der Waals surface area contributed by atoms with Crippen LogP contribution in [0.4, 0.5) is 10.8 Å². The number of anilines is 2. The van der Waals surface area contributed by atoms with Gasteiger partial charge in [0.05, 0.1) is 5.69 Å². The normalized spacial score (nSPS) is 15.1. The van der Waals surface area contributed by atoms with Gasteiger partial charge in [-0.25, -0.2) is 4.98 Å². The van der Waals surface area contributed by atoms with Crippen molar-refractivity contribution in [3.8, 4) is 11.3 Å². The Morgan fingerprint density at radius 1 is 1.09 bits per heavy atom. The summed E-state index contributed by atoms with van der Waals surface area (Å²) in [6.07, 6.45) is 5.14. The Hall–Kier alpha value is -3.19. The fraction of sp³-hybridized carbons (Fsp3) is 0.346. The Bertz CT molecular complexity index is 1080. The minimum absolute atomic E-state index is 0.00235. The van der Waals surface area contributed by atoms with Crippen molar-refractivity contribution in [2.75, 3.05) is 11.1 Å². The van der Waals surface area contributed by atoms with Crippen LogP contribution in [0.2, 0.25) is 0 Å². The molecule has 1 aliphatic carbocycles. The molecule has 33 heavy (non-hydrogen) atoms. The zero-order chi connectivity index (χ0) is 23.2. The number of carbonyl (C=O) groups excluding carboxylic acids is 2. The molecule has 3 N–H and O–H groups in total. The molecule has 1 aliphatic rings. The molecule has 1 heterocycles. The molecule has 0 radical (unpaired) electrons. The van der Waals surface area contributed by atoms with E-state index < -0.39 is 6.04 Å². The van der Waals surface area contributed by atoms with Crippen LogP contribution in [0.3, 0.4) is 0 Å². The van der Waals surface area contributed by atoms with Gasteiger partial charge in [0.25, 0.3) is 0 Å². The molecule has 2 amide bonds. The van der Waals surface area contributed by atoms with Gasteiger partial charge in [-0.2, -0.15) is 0 Å². The number of nitrogen functional groups attached to an aromatic ring is 1. The Kier molecular flexibility index (Phi) is 7.40. The molecule has 4 rings (SSSR count). The first-order valence-corrected chi connectivity index (χ1v) is 12.4. The van der Waals surface area contributed by atoms with Gasteiger partial charge in [-0.3, -0.25) is 9.59 Å². The zero-order valence-electron chi connectivity index (χ0n) is 18.9. The molecule has 1 atom stereocenters. The number of nitrogens with zero attached hydrogens (tertiary/aromatic N) is 2. The lowest BCUT2D eigenvalue weighted by molar-refractivity contribution is -0.143. The highest BCUT2D eigenvalue weighted by Crippen LogP contribution is 2.28. The number of hydrogen-bond donors (Lipinski definition) is 2. The van der Waals surface area contributed by atoms with Crippen LogP contribution in [-0.2, 0) is 16.1 Å². The highest BCUT2D eigenvalue weighted by atomic mass is 32.1. The van der Waals surface area contributed by atoms with Crippen LogP contribution < -0.4 is 11.1 Å². The molecule has 2 aromatic carbocycles. The van der Waals surface area contributed by atoms with Crippen molar-refractivity contribution in [2.45, 2.75) is 51.6 Å². The first kappa shape index (κ1) is 23.0. The van der Waals surface area contributed by atoms with Crippen LogP contribution in [-0.4, -0.2) is 27.7 Å². The van der Waals surface area contributed by atoms with Gasteiger partial charge in [-0.15, -0.1) is 11.3 Å². The molecule has 0 aliphatic heterocycles. The summed E-state index contributed by atoms with van der Waals surface area (Å²) in [7, 11) is 0. The molecule has 1 saturated carbocycles. The second-order valence-electron chi connectivity index (χ2n) is 8.60. The molecule has 6 nitrogen and oxygen atoms in total. The van der Waals surface area contributed by atoms with Crippen molar-refractivity contribution in [1.29, 1.82) is 0 Å². The summed E-state index contributed by atoms with van der Waals surface area (Å²) in [5.41, 5.74) is 9.18. The largest absolute Gasteiger partial charge is 0.375 e. The molecule has 0 saturated heterocycles. The van der Waals surface area contributed by atoms with Gasteiger partial charge >= 0.3 is 0 Å². The minimum Gasteiger partial charge on any atom is -0.375 e. The number of nitrogens with two attached hydrogens (primary N) is 1. The lowest BCUT2D eigenvalue weighted by Crippen LogP contribution is -2.47. The van der Waals surface area contributed by atoms with Crippen LogP contribution in [0.5, 0.6) is 0 Å². The summed E-state index contributed by atoms with van der Waals surface area (Å²) in [4.78, 5) is 32.6. The Balaban J connectivity index is 1.47. The topological polar surface area (TPSA) is 88.3 Å². The Morgan fingerprint density at radius 2 is 1.79 bits per heavy atom. The van der Waals surface area contributed by atoms with Gasteiger partial charge in [-0.1, -0.05) is 61.7 Å². The summed E-state index contributed by atoms with van der Waals surface area (Å²) in [6, 6.07) is 16.8. The molecule has 7 heteroatoms. The molecule has 1 fully saturated rings. The zero-order valence-corrected chi connectivity index (χ0v) is 19.7. The second-order valence-corrected chi connectivity index (χ2v) is 9.49. The van der Waals surface area contributed by atoms with E-state index in [9.17, 15) is 9.59 Å². The molecule has 0 bridgehead atoms. The van der Waals surface area contributed by atoms with E-state index in [1.807, 2.05) is 66.9 Å². The molecular weight excluding hydrogens is 432 g/mol. The maximum atomic E-state index is 13.4. The summed E-state index contributed by atoms with van der Waals surface area (Å²) >= 11 is 1.40. The van der Waals surface area contributed by atoms with E-state index in [2.05, 4.69) is 10.3 Å². The number of thiazole rings is 1. The number of amides is 2. The third-order valence-corrected chi connectivity index (χ3v) is 6.92. The van der Waals surface area contributed by atoms with Crippen LogP contribution in [0, 0.1) is 5.92 Å². The van der Waals surface area contributed by atoms with Gasteiger partial charge in [0.15, 0.2) is 5.13 Å². The smallest absolute Gasteiger partial charge is 0.246 e. The number of rotatable bonds is 7. The molecule has 3 aromatic rings. The van der Waals surface area contributed by atoms with E-state index in [0.29, 0.717) is 17.4 Å². The summed E-state index contributed by atoms with van der Waals surface area (Å²) in [6.45, 7) is 2.24. The number of aromatic nitrogens is 1. The Morgan fingerprint density at radius 3 is 2.42 bits per heavy atom. The fourth-order valence-electron chi connectivity index (χ4n) is 4.30. The summed E-state index contributed by atoms with van der Waals surface area (Å²) in [5.74, 6) is -0.110. The van der Waals surface area contributed by atoms with Crippen LogP contribution in [0.15, 0.2) is 60.0 Å². The van der Waals surface area contributed by atoms with Crippen molar-refractivity contribution in [2.24, 2.45) is 5.92 Å². The first-order chi connectivity index (χ1) is 16.0. The number of nitrogens with one attached hydrogen (secondary N) is 1. The minimum atomic E-state index is -0.586. The van der Waals surface area contributed by atoms with E-state index in [1.165, 1.54) is 17.8 Å². The Labute approximate surface area is 198 Å². The molecule has 172 valence electrons. The molecule has 1 aromatic heterocycles. The van der Waals surface area contributed by atoms with E-state index in [0.717, 1.165) is 42.5 Å². The third kappa shape index (κ3) is 5.79. The average Bonchev–Trinajstić information content (AvgIpc) is 3.29. The number of hydrogen-bond acceptors (Lipinski definition) is 5. The predicted octanol–water partition coefficient (Wildman–Crippen LogP) is 5.33. The van der Waals surface area contributed by atoms with Gasteiger partial charge in [-0.05, 0) is 37.5 Å². The van der Waals surface area contributed by atoms with Crippen LogP contribution in [0.25, 0.3) is 11.3 Å². The predicted molar refractivity (Wildman–Crippen MR) is 134 cm³/mol. The average molecular weight is 463 g/mol. The standard InChI is InChI=1S/C26H30N4O2S/c1-18(24(31)28-22-14-12-20(13-15-22)23-17-33-26(27)29-23)30(16-19-8-4-2-5-9-19)25(32)21-10-6-3-7-11-21/h2,4-5,8-9,12-15,17-18,21H,3,6-7,10-11,16H2,1H3,(H2,27,29)(H,28,31)/t18-/m1/s1. The highest BCUT2D eigenvalue weighted by molar-refractivity contribution is 7.13. The van der Waals surface area contributed by atoms with Crippen LogP contribution >= 0.6 is 11.3 Å². The molecule has 0 spiro atoms. The van der Waals surface area contributed by atoms with Crippen molar-refractivity contribution < 1.29 is 9.59 Å². The van der Waals surface area contributed by atoms with Gasteiger partial charge in [0.1, 0.15) is 6.04 Å². The maximum Gasteiger partial charge on any atom is 0.246 e. The van der Waals surface area contributed by atoms with Gasteiger partial charge in [0.2, 0.25) is 11.8 Å². The van der Waals surface area contributed by atoms with Crippen molar-refractivity contribution in [3.05, 3.63) is 65.5 Å². The van der Waals surface area contributed by atoms with Crippen LogP contribution in [0.1, 0.15) is 44.6 Å². The van der Waals surface area contributed by atoms with E-state index in [-0.39, 0.29) is 17.7 Å². The SMILES string of the molecule is C[C@H](C(=O)Nc1ccc(-c2csc(N)n2)cc1)N(Cc1ccccc1)C(=O)C1CCCCC1. The number of carbonyl (C=O) groups is 2. The first-order valence-electron chi connectivity index (χ1n) is 11.5. The molecule has 0 unspecified atom stereocenters. The number of benzene rings is 2. The lowest BCUT2D eigenvalue weighted by atomic mass is 9.88. The van der Waals surface area contributed by atoms with Gasteiger partial charge in [0, 0.05) is 29.1 Å². The quantitative estimate of drug-likeness (QED) is 0.497. The van der Waals surface area contributed by atoms with Gasteiger partial charge < -0.3 is 16.0 Å².